The molecule has 0 radical (unpaired) electrons. The number of halogens is 5. The molecule has 0 aromatic heterocycles. The van der Waals surface area contributed by atoms with Crippen molar-refractivity contribution in [3.05, 3.63) is 12.2 Å². The smallest absolute Gasteiger partial charge is 0.381 e. The zero-order chi connectivity index (χ0) is 79.2. The minimum absolute atomic E-state index is 0.00437. The molecule has 3 aliphatic carbocycles. The Morgan fingerprint density at radius 1 is 0.660 bits per heavy atom. The lowest BCUT2D eigenvalue weighted by atomic mass is 9.73. The number of nitrogens with one attached hydrogen (secondary N) is 2. The van der Waals surface area contributed by atoms with Crippen LogP contribution in [0.2, 0.25) is 0 Å². The molecule has 2 bridgehead atoms. The van der Waals surface area contributed by atoms with Gasteiger partial charge in [0, 0.05) is 109 Å². The Morgan fingerprint density at radius 2 is 1.30 bits per heavy atom. The highest BCUT2D eigenvalue weighted by atomic mass is 19.4. The summed E-state index contributed by atoms with van der Waals surface area (Å²) in [7, 11) is 13.8. The highest BCUT2D eigenvalue weighted by molar-refractivity contribution is 6.01. The molecule has 13 atom stereocenters. The maximum absolute atomic E-state index is 15.7. The van der Waals surface area contributed by atoms with Gasteiger partial charge >= 0.3 is 6.18 Å². The van der Waals surface area contributed by atoms with E-state index in [0.717, 1.165) is 19.6 Å². The lowest BCUT2D eigenvalue weighted by Gasteiger charge is -2.51. The summed E-state index contributed by atoms with van der Waals surface area (Å²) in [6, 6.07) is -10.7. The number of alkyl halides is 5. The highest BCUT2D eigenvalue weighted by Crippen LogP contribution is 2.45. The summed E-state index contributed by atoms with van der Waals surface area (Å²) in [6.07, 6.45) is -2.63. The number of carbonyl (C=O) groups is 12. The van der Waals surface area contributed by atoms with Gasteiger partial charge in [0.25, 0.3) is 0 Å². The van der Waals surface area contributed by atoms with Gasteiger partial charge in [-0.25, -0.2) is 8.78 Å². The Hall–Kier alpha value is -7.05. The summed E-state index contributed by atoms with van der Waals surface area (Å²) in [5.41, 5.74) is -1.59. The average molecular weight is 1510 g/mol. The zero-order valence-corrected chi connectivity index (χ0v) is 65.5. The summed E-state index contributed by atoms with van der Waals surface area (Å²) in [6.45, 7) is 9.28. The summed E-state index contributed by atoms with van der Waals surface area (Å²) < 4.78 is 84.1. The van der Waals surface area contributed by atoms with E-state index < -0.39 is 211 Å². The fourth-order valence-electron chi connectivity index (χ4n) is 16.5. The number of hydrogen-bond acceptors (Lipinski definition) is 14. The first-order valence-electron chi connectivity index (χ1n) is 38.3. The second-order valence-corrected chi connectivity index (χ2v) is 30.9. The van der Waals surface area contributed by atoms with Gasteiger partial charge < -0.3 is 69.1 Å². The molecule has 2 saturated heterocycles. The van der Waals surface area contributed by atoms with Crippen molar-refractivity contribution in [2.45, 2.75) is 261 Å². The third-order valence-corrected chi connectivity index (χ3v) is 23.9. The van der Waals surface area contributed by atoms with Crippen LogP contribution in [0.5, 0.6) is 0 Å². The van der Waals surface area contributed by atoms with Crippen molar-refractivity contribution in [1.29, 1.82) is 0 Å². The van der Waals surface area contributed by atoms with Crippen LogP contribution in [0.4, 0.5) is 22.0 Å². The largest absolute Gasteiger partial charge is 0.394 e. The number of rotatable bonds is 16. The normalized spacial score (nSPS) is 29.9. The number of hydrogen-bond donors (Lipinski definition) is 2. The van der Waals surface area contributed by atoms with Crippen LogP contribution >= 0.6 is 0 Å². The molecule has 106 heavy (non-hydrogen) atoms. The topological polar surface area (TPSA) is 280 Å². The first-order chi connectivity index (χ1) is 49.8. The van der Waals surface area contributed by atoms with E-state index in [4.69, 9.17) is 9.47 Å². The van der Waals surface area contributed by atoms with Gasteiger partial charge in [-0.2, -0.15) is 13.2 Å². The molecule has 3 aliphatic heterocycles. The second kappa shape index (κ2) is 38.3. The van der Waals surface area contributed by atoms with Crippen molar-refractivity contribution >= 4 is 70.9 Å². The Morgan fingerprint density at radius 3 is 1.87 bits per heavy atom. The number of carbonyl (C=O) groups excluding carboxylic acids is 12. The van der Waals surface area contributed by atoms with Crippen LogP contribution in [0.25, 0.3) is 0 Å². The molecule has 5 fully saturated rings. The Bertz CT molecular complexity index is 3130. The van der Waals surface area contributed by atoms with Crippen LogP contribution in [-0.2, 0) is 67.0 Å². The van der Waals surface area contributed by atoms with Crippen molar-refractivity contribution < 1.29 is 89.0 Å². The minimum atomic E-state index is -4.55. The standard InChI is InChI=1S/C75H121F5N12O14/c1-17-26-53-64(96)82-62(46(6)18-2)70(102)85(10)45-61(95)87(12)54-27-23-22-24-38-91(69(54)101)56(39-48-32-36-74(76,77)37-33-48)67(99)84(9)44-59(93)81-52(31-29-47-28-30-51(75(78,79)80)58(40-47)105-16)65(97)92-43-50(106-21-5)41-57(92)68(100)90(15)73(34-25-35-73)72(104)89(14)63(49(19-3)20-4)71(103)88(13)55(66(98)83(7)8)42-60(94)86(53)11/h22-23,46-58,62-63H,17-21,24-45H2,1-16H3,(H,81,93)(H,82,96)/b23-22-/t46-,47?,50+,51?,52-,53-,54-,55-,56-,57-,58?,62-,63-/m0/s1. The van der Waals surface area contributed by atoms with Crippen LogP contribution in [0.15, 0.2) is 12.2 Å². The van der Waals surface area contributed by atoms with Gasteiger partial charge in [0.1, 0.15) is 53.9 Å². The lowest BCUT2D eigenvalue weighted by molar-refractivity contribution is -0.215. The molecule has 1 spiro atoms. The molecule has 31 heteroatoms. The summed E-state index contributed by atoms with van der Waals surface area (Å²) in [5.74, 6) is -15.3. The molecule has 3 saturated carbocycles. The van der Waals surface area contributed by atoms with Crippen LogP contribution in [0.1, 0.15) is 183 Å². The van der Waals surface area contributed by atoms with E-state index in [2.05, 4.69) is 10.6 Å². The minimum Gasteiger partial charge on any atom is -0.381 e. The number of amides is 12. The van der Waals surface area contributed by atoms with E-state index in [1.807, 2.05) is 13.8 Å². The van der Waals surface area contributed by atoms with Gasteiger partial charge in [-0.05, 0) is 120 Å². The van der Waals surface area contributed by atoms with Crippen molar-refractivity contribution in [2.24, 2.45) is 29.6 Å². The first kappa shape index (κ1) is 87.9. The highest BCUT2D eigenvalue weighted by Gasteiger charge is 2.57. The Kier molecular flexibility index (Phi) is 31.8. The first-order valence-corrected chi connectivity index (χ1v) is 38.3. The van der Waals surface area contributed by atoms with Gasteiger partial charge in [-0.1, -0.05) is 72.5 Å². The molecule has 12 amide bonds. The van der Waals surface area contributed by atoms with E-state index >= 15 is 28.8 Å². The van der Waals surface area contributed by atoms with Crippen molar-refractivity contribution in [3.63, 3.8) is 0 Å². The van der Waals surface area contributed by atoms with E-state index in [1.165, 1.54) is 99.9 Å². The molecule has 6 aliphatic rings. The summed E-state index contributed by atoms with van der Waals surface area (Å²) in [5, 5.41) is 5.67. The van der Waals surface area contributed by atoms with Crippen molar-refractivity contribution in [2.75, 3.05) is 103 Å². The fraction of sp³-hybridized carbons (Fsp3) is 0.813. The molecule has 3 unspecified atom stereocenters. The van der Waals surface area contributed by atoms with Crippen LogP contribution in [0.3, 0.4) is 0 Å². The maximum Gasteiger partial charge on any atom is 0.394 e. The molecular weight excluding hydrogens is 1390 g/mol. The van der Waals surface area contributed by atoms with Gasteiger partial charge in [0.2, 0.25) is 76.8 Å². The number of ether oxygens (including phenoxy) is 2. The van der Waals surface area contributed by atoms with E-state index in [1.54, 1.807) is 39.8 Å². The van der Waals surface area contributed by atoms with Gasteiger partial charge in [-0.15, -0.1) is 0 Å². The molecule has 6 rings (SSSR count). The maximum atomic E-state index is 15.7. The molecule has 2 N–H and O–H groups in total. The summed E-state index contributed by atoms with van der Waals surface area (Å²) in [4.78, 5) is 194. The van der Waals surface area contributed by atoms with E-state index in [-0.39, 0.29) is 110 Å². The third kappa shape index (κ3) is 20.8. The molecule has 26 nitrogen and oxygen atoms in total. The number of fused-ring (bicyclic) bond motifs is 3. The second-order valence-electron chi connectivity index (χ2n) is 30.9. The van der Waals surface area contributed by atoms with E-state index in [9.17, 15) is 50.7 Å². The average Bonchev–Trinajstić information content (AvgIpc) is 1.03. The van der Waals surface area contributed by atoms with Crippen LogP contribution < -0.4 is 10.6 Å². The van der Waals surface area contributed by atoms with Crippen LogP contribution in [-0.4, -0.2) is 301 Å². The predicted octanol–water partition coefficient (Wildman–Crippen LogP) is 5.88. The molecular formula is C75H121F5N12O14. The SMILES string of the molecule is CCC[C@H]1C(=O)N[C@@H]([C@@H](C)CC)C(=O)N(C)CC(=O)N(C)[C@H]2C/C=C\CCN(C2=O)[C@@H](CC2CCC(F)(F)CC2)C(=O)N(C)CC(=O)N[C@@H](CCC2CCC(C(F)(F)F)C(OC)C2)C(=O)N2C[C@H](OCC)C[C@H]2C(=O)N(C)C2(CCC2)C(=O)N(C)[C@@H](C(CC)CC)C(=O)N(C)[C@H](C(=O)N(C)C)CC(=O)N1C. The molecule has 3 heterocycles. The monoisotopic (exact) mass is 1510 g/mol. The van der Waals surface area contributed by atoms with E-state index in [0.29, 0.717) is 32.1 Å². The third-order valence-electron chi connectivity index (χ3n) is 23.9. The van der Waals surface area contributed by atoms with Gasteiger partial charge in [0.05, 0.1) is 37.6 Å². The zero-order valence-electron chi connectivity index (χ0n) is 65.5. The fourth-order valence-corrected chi connectivity index (χ4v) is 16.5. The molecule has 0 aromatic rings. The number of methoxy groups -OCH3 is 1. The van der Waals surface area contributed by atoms with Crippen molar-refractivity contribution in [3.8, 4) is 0 Å². The Labute approximate surface area is 623 Å². The number of likely N-dealkylation sites (N-methyl/N-ethyl adjacent to an activating group) is 8. The predicted molar refractivity (Wildman–Crippen MR) is 384 cm³/mol. The number of nitrogens with zero attached hydrogens (tertiary/aromatic N) is 10. The molecule has 600 valence electrons. The van der Waals surface area contributed by atoms with Gasteiger partial charge in [-0.3, -0.25) is 57.5 Å². The van der Waals surface area contributed by atoms with Crippen molar-refractivity contribution in [1.82, 2.24) is 59.6 Å². The quantitative estimate of drug-likeness (QED) is 0.135. The Balaban J connectivity index is 1.49. The van der Waals surface area contributed by atoms with Gasteiger partial charge in [0.15, 0.2) is 0 Å². The summed E-state index contributed by atoms with van der Waals surface area (Å²) >= 11 is 0. The lowest BCUT2D eigenvalue weighted by Crippen LogP contribution is -2.68. The molecule has 0 aromatic carbocycles. The van der Waals surface area contributed by atoms with Crippen LogP contribution in [0, 0.1) is 29.6 Å².